The van der Waals surface area contributed by atoms with Crippen molar-refractivity contribution < 1.29 is 17.8 Å². The van der Waals surface area contributed by atoms with Gasteiger partial charge in [-0.3, -0.25) is 9.35 Å². The summed E-state index contributed by atoms with van der Waals surface area (Å²) >= 11 is 0. The number of hydrogen-bond donors (Lipinski definition) is 2. The molecule has 3 rings (SSSR count). The van der Waals surface area contributed by atoms with Gasteiger partial charge in [0.1, 0.15) is 0 Å². The smallest absolute Gasteiger partial charge is 0.294 e. The standard InChI is InChI=1S/C21H23N3O4S/c1-3-8-20-18(14-22-19-12-6-5-9-15(19)4-2)21(25)24(23-20)16-10-7-11-17(13-16)29(26,27)28/h5-7,9-14,22H,3-4,8H2,1-2H3,(H,26,27,28). The molecular weight excluding hydrogens is 390 g/mol. The lowest BCUT2D eigenvalue weighted by Crippen LogP contribution is -2.22. The van der Waals surface area contributed by atoms with E-state index in [0.29, 0.717) is 17.7 Å². The number of carbonyl (C=O) groups is 1. The number of anilines is 2. The Kier molecular flexibility index (Phi) is 6.14. The lowest BCUT2D eigenvalue weighted by Gasteiger charge is -2.12. The van der Waals surface area contributed by atoms with Crippen LogP contribution >= 0.6 is 0 Å². The van der Waals surface area contributed by atoms with Crippen LogP contribution < -0.4 is 10.3 Å². The number of amides is 1. The lowest BCUT2D eigenvalue weighted by molar-refractivity contribution is -0.114. The van der Waals surface area contributed by atoms with Gasteiger partial charge in [0.15, 0.2) is 0 Å². The average molecular weight is 413 g/mol. The zero-order valence-corrected chi connectivity index (χ0v) is 17.1. The zero-order chi connectivity index (χ0) is 21.0. The number of para-hydroxylation sites is 1. The number of hydrogen-bond acceptors (Lipinski definition) is 5. The predicted molar refractivity (Wildman–Crippen MR) is 114 cm³/mol. The van der Waals surface area contributed by atoms with Crippen molar-refractivity contribution in [3.05, 3.63) is 65.9 Å². The second-order valence-electron chi connectivity index (χ2n) is 6.60. The van der Waals surface area contributed by atoms with Crippen molar-refractivity contribution >= 4 is 33.1 Å². The number of aryl methyl sites for hydroxylation is 1. The van der Waals surface area contributed by atoms with Crippen molar-refractivity contribution in [2.45, 2.75) is 38.0 Å². The molecule has 0 aromatic heterocycles. The van der Waals surface area contributed by atoms with Gasteiger partial charge < -0.3 is 5.32 Å². The molecule has 0 fully saturated rings. The molecule has 0 radical (unpaired) electrons. The lowest BCUT2D eigenvalue weighted by atomic mass is 10.1. The van der Waals surface area contributed by atoms with Crippen molar-refractivity contribution in [1.29, 1.82) is 0 Å². The predicted octanol–water partition coefficient (Wildman–Crippen LogP) is 3.99. The molecular formula is C21H23N3O4S. The fourth-order valence-corrected chi connectivity index (χ4v) is 3.61. The SMILES string of the molecule is CCCC1=NN(c2cccc(S(=O)(=O)O)c2)C(=O)C1=CNc1ccccc1CC. The first kappa shape index (κ1) is 20.8. The number of nitrogens with zero attached hydrogens (tertiary/aromatic N) is 2. The quantitative estimate of drug-likeness (QED) is 0.528. The Balaban J connectivity index is 1.95. The fourth-order valence-electron chi connectivity index (χ4n) is 3.09. The molecule has 1 aliphatic rings. The van der Waals surface area contributed by atoms with E-state index >= 15 is 0 Å². The van der Waals surface area contributed by atoms with Crippen LogP contribution in [0.15, 0.2) is 70.3 Å². The van der Waals surface area contributed by atoms with Crippen LogP contribution in [-0.2, 0) is 21.3 Å². The minimum absolute atomic E-state index is 0.274. The van der Waals surface area contributed by atoms with Gasteiger partial charge >= 0.3 is 0 Å². The van der Waals surface area contributed by atoms with E-state index in [2.05, 4.69) is 17.3 Å². The van der Waals surface area contributed by atoms with E-state index in [1.807, 2.05) is 31.2 Å². The molecule has 2 N–H and O–H groups in total. The zero-order valence-electron chi connectivity index (χ0n) is 16.3. The third-order valence-corrected chi connectivity index (χ3v) is 5.42. The first-order valence-corrected chi connectivity index (χ1v) is 10.8. The Labute approximate surface area is 170 Å². The topological polar surface area (TPSA) is 99.1 Å². The van der Waals surface area contributed by atoms with Crippen LogP contribution in [0.25, 0.3) is 0 Å². The van der Waals surface area contributed by atoms with Crippen molar-refractivity contribution in [3.63, 3.8) is 0 Å². The molecule has 0 aliphatic carbocycles. The van der Waals surface area contributed by atoms with Crippen molar-refractivity contribution in [2.75, 3.05) is 10.3 Å². The van der Waals surface area contributed by atoms with Crippen molar-refractivity contribution in [1.82, 2.24) is 0 Å². The maximum absolute atomic E-state index is 13.0. The number of benzene rings is 2. The Hall–Kier alpha value is -2.97. The van der Waals surface area contributed by atoms with Gasteiger partial charge in [-0.1, -0.05) is 44.5 Å². The molecule has 8 heteroatoms. The summed E-state index contributed by atoms with van der Waals surface area (Å²) in [5.41, 5.74) is 3.36. The van der Waals surface area contributed by atoms with E-state index in [0.717, 1.165) is 24.1 Å². The summed E-state index contributed by atoms with van der Waals surface area (Å²) in [5.74, 6) is -0.359. The van der Waals surface area contributed by atoms with Gasteiger partial charge in [0, 0.05) is 11.9 Å². The number of nitrogens with one attached hydrogen (secondary N) is 1. The van der Waals surface area contributed by atoms with Crippen LogP contribution in [0, 0.1) is 0 Å². The highest BCUT2D eigenvalue weighted by molar-refractivity contribution is 7.85. The molecule has 0 saturated heterocycles. The molecule has 0 unspecified atom stereocenters. The molecule has 152 valence electrons. The van der Waals surface area contributed by atoms with Gasteiger partial charge in [-0.15, -0.1) is 0 Å². The first-order chi connectivity index (χ1) is 13.8. The van der Waals surface area contributed by atoms with E-state index in [1.165, 1.54) is 23.2 Å². The number of carbonyl (C=O) groups excluding carboxylic acids is 1. The van der Waals surface area contributed by atoms with E-state index < -0.39 is 10.1 Å². The van der Waals surface area contributed by atoms with Crippen LogP contribution in [0.4, 0.5) is 11.4 Å². The Morgan fingerprint density at radius 1 is 1.14 bits per heavy atom. The summed E-state index contributed by atoms with van der Waals surface area (Å²) < 4.78 is 32.1. The normalized spacial score (nSPS) is 15.7. The molecule has 2 aromatic rings. The van der Waals surface area contributed by atoms with Gasteiger partial charge in [-0.25, -0.2) is 0 Å². The van der Waals surface area contributed by atoms with Gasteiger partial charge in [-0.05, 0) is 42.7 Å². The van der Waals surface area contributed by atoms with Crippen LogP contribution in [0.3, 0.4) is 0 Å². The molecule has 0 bridgehead atoms. The molecule has 0 spiro atoms. The van der Waals surface area contributed by atoms with Crippen molar-refractivity contribution in [3.8, 4) is 0 Å². The monoisotopic (exact) mass is 413 g/mol. The summed E-state index contributed by atoms with van der Waals surface area (Å²) in [6.45, 7) is 4.05. The summed E-state index contributed by atoms with van der Waals surface area (Å²) in [6, 6.07) is 13.4. The molecule has 1 amide bonds. The van der Waals surface area contributed by atoms with Gasteiger partial charge in [0.2, 0.25) is 0 Å². The highest BCUT2D eigenvalue weighted by Gasteiger charge is 2.31. The van der Waals surface area contributed by atoms with E-state index in [9.17, 15) is 17.8 Å². The van der Waals surface area contributed by atoms with Crippen molar-refractivity contribution in [2.24, 2.45) is 5.10 Å². The highest BCUT2D eigenvalue weighted by Crippen LogP contribution is 2.27. The highest BCUT2D eigenvalue weighted by atomic mass is 32.2. The minimum atomic E-state index is -4.38. The molecule has 0 atom stereocenters. The second kappa shape index (κ2) is 8.59. The summed E-state index contributed by atoms with van der Waals surface area (Å²) in [4.78, 5) is 12.7. The minimum Gasteiger partial charge on any atom is -0.361 e. The van der Waals surface area contributed by atoms with Crippen LogP contribution in [0.1, 0.15) is 32.3 Å². The van der Waals surface area contributed by atoms with Gasteiger partial charge in [0.25, 0.3) is 16.0 Å². The second-order valence-corrected chi connectivity index (χ2v) is 8.02. The molecule has 1 aliphatic heterocycles. The summed E-state index contributed by atoms with van der Waals surface area (Å²) in [5, 5.41) is 8.78. The largest absolute Gasteiger partial charge is 0.361 e. The molecule has 29 heavy (non-hydrogen) atoms. The summed E-state index contributed by atoms with van der Waals surface area (Å²) in [7, 11) is -4.38. The Morgan fingerprint density at radius 3 is 2.59 bits per heavy atom. The van der Waals surface area contributed by atoms with Crippen LogP contribution in [-0.4, -0.2) is 24.6 Å². The Bertz CT molecular complexity index is 1090. The third-order valence-electron chi connectivity index (χ3n) is 4.57. The molecule has 7 nitrogen and oxygen atoms in total. The Morgan fingerprint density at radius 2 is 1.90 bits per heavy atom. The number of rotatable bonds is 7. The maximum atomic E-state index is 13.0. The van der Waals surface area contributed by atoms with E-state index in [4.69, 9.17) is 0 Å². The number of hydrazone groups is 1. The van der Waals surface area contributed by atoms with Crippen LogP contribution in [0.2, 0.25) is 0 Å². The van der Waals surface area contributed by atoms with Gasteiger partial charge in [0.05, 0.1) is 21.9 Å². The third kappa shape index (κ3) is 4.55. The maximum Gasteiger partial charge on any atom is 0.294 e. The van der Waals surface area contributed by atoms with Crippen LogP contribution in [0.5, 0.6) is 0 Å². The van der Waals surface area contributed by atoms with E-state index in [1.54, 1.807) is 12.3 Å². The summed E-state index contributed by atoms with van der Waals surface area (Å²) in [6.07, 6.45) is 3.90. The fraction of sp³-hybridized carbons (Fsp3) is 0.238. The molecule has 2 aromatic carbocycles. The average Bonchev–Trinajstić information content (AvgIpc) is 3.01. The molecule has 1 heterocycles. The molecule has 0 saturated carbocycles. The van der Waals surface area contributed by atoms with Gasteiger partial charge in [-0.2, -0.15) is 18.5 Å². The van der Waals surface area contributed by atoms with E-state index in [-0.39, 0.29) is 16.5 Å². The first-order valence-electron chi connectivity index (χ1n) is 9.39.